The molecule has 0 saturated heterocycles. The number of amides is 1. The first kappa shape index (κ1) is 27.8. The lowest BCUT2D eigenvalue weighted by molar-refractivity contribution is -0.117. The first-order chi connectivity index (χ1) is 17.3. The van der Waals surface area contributed by atoms with Crippen molar-refractivity contribution in [1.82, 2.24) is 9.97 Å². The smallest absolute Gasteiger partial charge is 0.327 e. The number of fused-ring (bicyclic) bond motifs is 1. The standard InChI is InChI=1S/C22H31N4O9P/c1-31-6-10-35-22-24-20(23)18-14-19(27)26(21(18)25-22)15-16-2-4-17(5-3-16)34-11-9-32-7-8-33-12-13-36(28,29)30/h2-5H,6-15H2,1H3,(H2,23,24,25)(H2,28,29,30). The molecule has 0 spiro atoms. The van der Waals surface area contributed by atoms with E-state index in [1.165, 1.54) is 0 Å². The molecule has 1 aromatic carbocycles. The summed E-state index contributed by atoms with van der Waals surface area (Å²) in [5, 5.41) is 0. The zero-order valence-electron chi connectivity index (χ0n) is 20.0. The molecule has 2 aromatic rings. The Bertz CT molecular complexity index is 1050. The number of benzene rings is 1. The normalized spacial score (nSPS) is 13.2. The fourth-order valence-electron chi connectivity index (χ4n) is 3.27. The van der Waals surface area contributed by atoms with E-state index in [4.69, 9.17) is 39.2 Å². The van der Waals surface area contributed by atoms with Crippen molar-refractivity contribution in [2.75, 3.05) is 70.2 Å². The van der Waals surface area contributed by atoms with Gasteiger partial charge in [-0.05, 0) is 17.7 Å². The number of methoxy groups -OCH3 is 1. The van der Waals surface area contributed by atoms with Crippen LogP contribution in [0.2, 0.25) is 0 Å². The van der Waals surface area contributed by atoms with Crippen LogP contribution in [0.4, 0.5) is 11.6 Å². The maximum atomic E-state index is 12.6. The first-order valence-corrected chi connectivity index (χ1v) is 13.1. The van der Waals surface area contributed by atoms with E-state index in [9.17, 15) is 9.36 Å². The molecule has 0 fully saturated rings. The average Bonchev–Trinajstić information content (AvgIpc) is 3.14. The Morgan fingerprint density at radius 2 is 1.64 bits per heavy atom. The maximum absolute atomic E-state index is 12.6. The molecule has 0 saturated carbocycles. The van der Waals surface area contributed by atoms with Crippen LogP contribution >= 0.6 is 7.60 Å². The predicted octanol–water partition coefficient (Wildman–Crippen LogP) is 0.763. The molecule has 1 aliphatic heterocycles. The second-order valence-corrected chi connectivity index (χ2v) is 9.57. The van der Waals surface area contributed by atoms with Crippen LogP contribution in [-0.2, 0) is 36.5 Å². The Balaban J connectivity index is 1.43. The first-order valence-electron chi connectivity index (χ1n) is 11.3. The second kappa shape index (κ2) is 13.5. The Morgan fingerprint density at radius 1 is 0.972 bits per heavy atom. The van der Waals surface area contributed by atoms with Gasteiger partial charge in [-0.1, -0.05) is 12.1 Å². The molecule has 0 bridgehead atoms. The van der Waals surface area contributed by atoms with Gasteiger partial charge in [-0.25, -0.2) is 0 Å². The van der Waals surface area contributed by atoms with E-state index >= 15 is 0 Å². The third-order valence-corrected chi connectivity index (χ3v) is 5.82. The SMILES string of the molecule is COCCOc1nc(N)c2c(n1)N(Cc1ccc(OCCOCCOCCP(=O)(O)O)cc1)C(=O)C2. The van der Waals surface area contributed by atoms with Crippen molar-refractivity contribution in [1.29, 1.82) is 0 Å². The lowest BCUT2D eigenvalue weighted by Gasteiger charge is -2.17. The van der Waals surface area contributed by atoms with Gasteiger partial charge in [-0.3, -0.25) is 14.3 Å². The number of nitrogen functional groups attached to an aromatic ring is 1. The number of ether oxygens (including phenoxy) is 5. The number of carbonyl (C=O) groups is 1. The number of anilines is 2. The van der Waals surface area contributed by atoms with E-state index in [0.29, 0.717) is 50.1 Å². The van der Waals surface area contributed by atoms with Gasteiger partial charge in [0.2, 0.25) is 5.91 Å². The van der Waals surface area contributed by atoms with Crippen molar-refractivity contribution < 1.29 is 42.8 Å². The molecule has 198 valence electrons. The van der Waals surface area contributed by atoms with Crippen molar-refractivity contribution >= 4 is 25.1 Å². The number of hydrogen-bond acceptors (Lipinski definition) is 10. The van der Waals surface area contributed by atoms with Crippen LogP contribution < -0.4 is 20.1 Å². The highest BCUT2D eigenvalue weighted by Gasteiger charge is 2.32. The molecular formula is C22H31N4O9P. The summed E-state index contributed by atoms with van der Waals surface area (Å²) in [7, 11) is -2.47. The molecular weight excluding hydrogens is 495 g/mol. The van der Waals surface area contributed by atoms with E-state index in [2.05, 4.69) is 9.97 Å². The highest BCUT2D eigenvalue weighted by molar-refractivity contribution is 7.51. The molecule has 4 N–H and O–H groups in total. The third-order valence-electron chi connectivity index (χ3n) is 5.06. The number of rotatable bonds is 16. The number of nitrogens with zero attached hydrogens (tertiary/aromatic N) is 3. The highest BCUT2D eigenvalue weighted by atomic mass is 31.2. The highest BCUT2D eigenvalue weighted by Crippen LogP contribution is 2.34. The van der Waals surface area contributed by atoms with Crippen LogP contribution in [0.15, 0.2) is 24.3 Å². The summed E-state index contributed by atoms with van der Waals surface area (Å²) < 4.78 is 37.2. The zero-order valence-corrected chi connectivity index (χ0v) is 20.9. The van der Waals surface area contributed by atoms with Crippen LogP contribution in [0, 0.1) is 0 Å². The molecule has 3 rings (SSSR count). The second-order valence-electron chi connectivity index (χ2n) is 7.80. The zero-order chi connectivity index (χ0) is 26.0. The molecule has 1 aromatic heterocycles. The van der Waals surface area contributed by atoms with Crippen molar-refractivity contribution in [3.05, 3.63) is 35.4 Å². The third kappa shape index (κ3) is 8.70. The van der Waals surface area contributed by atoms with Gasteiger partial charge in [-0.2, -0.15) is 9.97 Å². The summed E-state index contributed by atoms with van der Waals surface area (Å²) in [5.41, 5.74) is 7.49. The summed E-state index contributed by atoms with van der Waals surface area (Å²) in [6.07, 6.45) is -0.175. The molecule has 1 aliphatic rings. The number of nitrogens with two attached hydrogens (primary N) is 1. The van der Waals surface area contributed by atoms with Crippen LogP contribution in [0.25, 0.3) is 0 Å². The van der Waals surface area contributed by atoms with Crippen molar-refractivity contribution in [3.63, 3.8) is 0 Å². The minimum absolute atomic E-state index is 0.0191. The van der Waals surface area contributed by atoms with Crippen LogP contribution in [0.5, 0.6) is 11.8 Å². The van der Waals surface area contributed by atoms with Crippen molar-refractivity contribution in [2.45, 2.75) is 13.0 Å². The quantitative estimate of drug-likeness (QED) is 0.207. The van der Waals surface area contributed by atoms with E-state index in [1.54, 1.807) is 24.1 Å². The van der Waals surface area contributed by atoms with Crippen molar-refractivity contribution in [3.8, 4) is 11.8 Å². The van der Waals surface area contributed by atoms with Gasteiger partial charge in [0.25, 0.3) is 0 Å². The Labute approximate surface area is 208 Å². The van der Waals surface area contributed by atoms with Crippen LogP contribution in [0.3, 0.4) is 0 Å². The van der Waals surface area contributed by atoms with Gasteiger partial charge in [0.1, 0.15) is 30.6 Å². The minimum atomic E-state index is -4.03. The molecule has 14 heteroatoms. The summed E-state index contributed by atoms with van der Waals surface area (Å²) in [6.45, 7) is 2.12. The summed E-state index contributed by atoms with van der Waals surface area (Å²) in [6, 6.07) is 7.42. The largest absolute Gasteiger partial charge is 0.491 e. The Kier molecular flexibility index (Phi) is 10.4. The molecule has 1 amide bonds. The Morgan fingerprint density at radius 3 is 2.33 bits per heavy atom. The van der Waals surface area contributed by atoms with Gasteiger partial charge in [0.15, 0.2) is 0 Å². The van der Waals surface area contributed by atoms with Gasteiger partial charge >= 0.3 is 13.6 Å². The monoisotopic (exact) mass is 526 g/mol. The van der Waals surface area contributed by atoms with Gasteiger partial charge in [0.05, 0.1) is 52.2 Å². The fraction of sp³-hybridized carbons (Fsp3) is 0.500. The molecule has 2 heterocycles. The summed E-state index contributed by atoms with van der Waals surface area (Å²) >= 11 is 0. The molecule has 0 unspecified atom stereocenters. The number of hydrogen-bond donors (Lipinski definition) is 3. The predicted molar refractivity (Wildman–Crippen MR) is 129 cm³/mol. The van der Waals surface area contributed by atoms with Crippen molar-refractivity contribution in [2.24, 2.45) is 0 Å². The van der Waals surface area contributed by atoms with E-state index in [-0.39, 0.29) is 50.1 Å². The molecule has 13 nitrogen and oxygen atoms in total. The number of carbonyl (C=O) groups excluding carboxylic acids is 1. The lowest BCUT2D eigenvalue weighted by Crippen LogP contribution is -2.26. The summed E-state index contributed by atoms with van der Waals surface area (Å²) in [4.78, 5) is 40.1. The van der Waals surface area contributed by atoms with E-state index in [1.807, 2.05) is 12.1 Å². The van der Waals surface area contributed by atoms with E-state index < -0.39 is 7.60 Å². The van der Waals surface area contributed by atoms with E-state index in [0.717, 1.165) is 5.56 Å². The summed E-state index contributed by atoms with van der Waals surface area (Å²) in [5.74, 6) is 1.20. The Hall–Kier alpha value is -2.80. The number of aromatic nitrogens is 2. The minimum Gasteiger partial charge on any atom is -0.491 e. The van der Waals surface area contributed by atoms with Crippen LogP contribution in [0.1, 0.15) is 11.1 Å². The van der Waals surface area contributed by atoms with Gasteiger partial charge in [-0.15, -0.1) is 0 Å². The average molecular weight is 526 g/mol. The van der Waals surface area contributed by atoms with Crippen LogP contribution in [-0.4, -0.2) is 85.2 Å². The molecule has 0 aliphatic carbocycles. The van der Waals surface area contributed by atoms with Gasteiger partial charge in [0, 0.05) is 12.7 Å². The van der Waals surface area contributed by atoms with Gasteiger partial charge < -0.3 is 39.2 Å². The molecule has 0 atom stereocenters. The fourth-order valence-corrected chi connectivity index (χ4v) is 3.63. The molecule has 0 radical (unpaired) electrons. The molecule has 36 heavy (non-hydrogen) atoms. The topological polar surface area (TPSA) is 176 Å². The maximum Gasteiger partial charge on any atom is 0.327 e. The lowest BCUT2D eigenvalue weighted by atomic mass is 10.2.